The van der Waals surface area contributed by atoms with Crippen LogP contribution in [0.4, 0.5) is 18.0 Å². The third kappa shape index (κ3) is 5.20. The van der Waals surface area contributed by atoms with E-state index < -0.39 is 23.8 Å². The molecular formula is C35H32F3N3O3. The molecule has 2 amide bonds. The fourth-order valence-corrected chi connectivity index (χ4v) is 6.80. The summed E-state index contributed by atoms with van der Waals surface area (Å²) in [4.78, 5) is 31.4. The summed E-state index contributed by atoms with van der Waals surface area (Å²) >= 11 is 0. The van der Waals surface area contributed by atoms with E-state index in [0.717, 1.165) is 56.8 Å². The number of carbonyl (C=O) groups is 2. The van der Waals surface area contributed by atoms with Crippen molar-refractivity contribution in [2.24, 2.45) is 0 Å². The number of aromatic nitrogens is 1. The van der Waals surface area contributed by atoms with Gasteiger partial charge in [-0.2, -0.15) is 13.2 Å². The SMILES string of the molecule is Cc1cc([C@H]2NC(=O)N3[C@H](c4cc(C)ccc4-c4cc(-c5ccc(C(=O)O)cc5C)cnc4C)CC[C@@H]23)cc(C(F)(F)F)c1. The van der Waals surface area contributed by atoms with Gasteiger partial charge in [0.25, 0.3) is 0 Å². The number of fused-ring (bicyclic) bond motifs is 1. The topological polar surface area (TPSA) is 82.5 Å². The van der Waals surface area contributed by atoms with Gasteiger partial charge in [0.1, 0.15) is 0 Å². The van der Waals surface area contributed by atoms with Crippen LogP contribution in [-0.4, -0.2) is 33.0 Å². The lowest BCUT2D eigenvalue weighted by Crippen LogP contribution is -2.32. The van der Waals surface area contributed by atoms with Crippen LogP contribution in [0.1, 0.15) is 74.4 Å². The summed E-state index contributed by atoms with van der Waals surface area (Å²) in [5.41, 5.74) is 7.59. The van der Waals surface area contributed by atoms with Gasteiger partial charge in [-0.1, -0.05) is 41.5 Å². The molecule has 0 unspecified atom stereocenters. The number of halogens is 3. The fourth-order valence-electron chi connectivity index (χ4n) is 6.80. The number of benzene rings is 3. The average Bonchev–Trinajstić information content (AvgIpc) is 3.54. The number of nitrogens with one attached hydrogen (secondary N) is 1. The number of urea groups is 1. The highest BCUT2D eigenvalue weighted by Crippen LogP contribution is 2.48. The van der Waals surface area contributed by atoms with E-state index in [1.54, 1.807) is 42.3 Å². The maximum absolute atomic E-state index is 13.6. The van der Waals surface area contributed by atoms with Crippen molar-refractivity contribution in [3.05, 3.63) is 111 Å². The zero-order valence-electron chi connectivity index (χ0n) is 24.8. The molecule has 6 nitrogen and oxygen atoms in total. The monoisotopic (exact) mass is 599 g/mol. The van der Waals surface area contributed by atoms with Gasteiger partial charge in [-0.3, -0.25) is 4.98 Å². The Morgan fingerprint density at radius 1 is 0.909 bits per heavy atom. The number of alkyl halides is 3. The summed E-state index contributed by atoms with van der Waals surface area (Å²) in [5.74, 6) is -0.988. The Kier molecular flexibility index (Phi) is 7.22. The minimum Gasteiger partial charge on any atom is -0.478 e. The van der Waals surface area contributed by atoms with Crippen LogP contribution in [0.15, 0.2) is 66.9 Å². The van der Waals surface area contributed by atoms with Gasteiger partial charge < -0.3 is 15.3 Å². The number of hydrogen-bond acceptors (Lipinski definition) is 3. The number of aryl methyl sites for hydroxylation is 4. The lowest BCUT2D eigenvalue weighted by atomic mass is 9.89. The van der Waals surface area contributed by atoms with Crippen molar-refractivity contribution < 1.29 is 27.9 Å². The molecule has 6 rings (SSSR count). The van der Waals surface area contributed by atoms with Crippen LogP contribution >= 0.6 is 0 Å². The molecule has 2 aliphatic heterocycles. The molecule has 0 aliphatic carbocycles. The predicted octanol–water partition coefficient (Wildman–Crippen LogP) is 8.34. The van der Waals surface area contributed by atoms with Crippen LogP contribution in [0.3, 0.4) is 0 Å². The highest BCUT2D eigenvalue weighted by Gasteiger charge is 2.49. The summed E-state index contributed by atoms with van der Waals surface area (Å²) in [7, 11) is 0. The molecule has 0 saturated carbocycles. The Morgan fingerprint density at radius 2 is 1.66 bits per heavy atom. The summed E-state index contributed by atoms with van der Waals surface area (Å²) in [6.07, 6.45) is -1.39. The highest BCUT2D eigenvalue weighted by atomic mass is 19.4. The molecule has 4 aromatic rings. The van der Waals surface area contributed by atoms with Crippen LogP contribution in [-0.2, 0) is 6.18 Å². The van der Waals surface area contributed by atoms with Gasteiger partial charge in [0.2, 0.25) is 0 Å². The van der Waals surface area contributed by atoms with Gasteiger partial charge in [0.05, 0.1) is 29.3 Å². The molecule has 9 heteroatoms. The Hall–Kier alpha value is -4.66. The second-order valence-electron chi connectivity index (χ2n) is 11.9. The number of pyridine rings is 1. The largest absolute Gasteiger partial charge is 0.478 e. The first-order chi connectivity index (χ1) is 20.8. The zero-order valence-corrected chi connectivity index (χ0v) is 24.8. The molecule has 0 radical (unpaired) electrons. The standard InChI is InChI=1S/C35H32F3N3O3/c1-18-5-7-27(28-16-24(17-39-21(28)4)26-8-6-22(33(42)43)14-20(26)3)29(13-18)30-9-10-31-32(40-34(44)41(30)31)23-11-19(2)12-25(15-23)35(36,37)38/h5-8,11-17,30-32H,9-10H2,1-4H3,(H,40,44)(H,42,43)/t30-,31-,32+/m0/s1. The van der Waals surface area contributed by atoms with Crippen molar-refractivity contribution in [3.8, 4) is 22.3 Å². The number of carboxylic acid groups (broad SMARTS) is 1. The molecule has 3 heterocycles. The van der Waals surface area contributed by atoms with Gasteiger partial charge in [-0.25, -0.2) is 9.59 Å². The molecule has 226 valence electrons. The van der Waals surface area contributed by atoms with Gasteiger partial charge in [0, 0.05) is 23.0 Å². The second-order valence-corrected chi connectivity index (χ2v) is 11.9. The molecule has 0 bridgehead atoms. The van der Waals surface area contributed by atoms with E-state index in [1.165, 1.54) is 0 Å². The maximum atomic E-state index is 13.6. The van der Waals surface area contributed by atoms with E-state index in [2.05, 4.69) is 16.4 Å². The third-order valence-electron chi connectivity index (χ3n) is 8.84. The van der Waals surface area contributed by atoms with Crippen molar-refractivity contribution in [3.63, 3.8) is 0 Å². The average molecular weight is 600 g/mol. The first-order valence-corrected chi connectivity index (χ1v) is 14.5. The van der Waals surface area contributed by atoms with Crippen molar-refractivity contribution in [1.29, 1.82) is 0 Å². The lowest BCUT2D eigenvalue weighted by molar-refractivity contribution is -0.137. The van der Waals surface area contributed by atoms with Crippen LogP contribution in [0.5, 0.6) is 0 Å². The van der Waals surface area contributed by atoms with Crippen molar-refractivity contribution in [1.82, 2.24) is 15.2 Å². The number of nitrogens with zero attached hydrogens (tertiary/aromatic N) is 2. The van der Waals surface area contributed by atoms with Crippen LogP contribution in [0, 0.1) is 27.7 Å². The van der Waals surface area contributed by atoms with Crippen LogP contribution in [0.2, 0.25) is 0 Å². The maximum Gasteiger partial charge on any atom is 0.416 e. The van der Waals surface area contributed by atoms with E-state index in [4.69, 9.17) is 0 Å². The molecule has 3 atom stereocenters. The smallest absolute Gasteiger partial charge is 0.416 e. The van der Waals surface area contributed by atoms with E-state index >= 15 is 0 Å². The number of carboxylic acids is 1. The molecule has 2 fully saturated rings. The fraction of sp³-hybridized carbons (Fsp3) is 0.286. The van der Waals surface area contributed by atoms with Gasteiger partial charge in [0.15, 0.2) is 0 Å². The zero-order chi connectivity index (χ0) is 31.5. The molecule has 2 saturated heterocycles. The second kappa shape index (κ2) is 10.8. The van der Waals surface area contributed by atoms with Gasteiger partial charge >= 0.3 is 18.2 Å². The number of rotatable bonds is 5. The van der Waals surface area contributed by atoms with Crippen molar-refractivity contribution >= 4 is 12.0 Å². The minimum absolute atomic E-state index is 0.214. The molecule has 3 aromatic carbocycles. The van der Waals surface area contributed by atoms with E-state index in [1.807, 2.05) is 39.0 Å². The van der Waals surface area contributed by atoms with E-state index in [0.29, 0.717) is 24.0 Å². The molecular weight excluding hydrogens is 567 g/mol. The van der Waals surface area contributed by atoms with Crippen molar-refractivity contribution in [2.45, 2.75) is 64.8 Å². The van der Waals surface area contributed by atoms with Gasteiger partial charge in [-0.15, -0.1) is 0 Å². The first-order valence-electron chi connectivity index (χ1n) is 14.5. The summed E-state index contributed by atoms with van der Waals surface area (Å²) in [6, 6.07) is 15.8. The molecule has 44 heavy (non-hydrogen) atoms. The lowest BCUT2D eigenvalue weighted by Gasteiger charge is -2.27. The molecule has 1 aromatic heterocycles. The predicted molar refractivity (Wildman–Crippen MR) is 161 cm³/mol. The van der Waals surface area contributed by atoms with E-state index in [-0.39, 0.29) is 23.7 Å². The summed E-state index contributed by atoms with van der Waals surface area (Å²) in [6.45, 7) is 7.42. The first kappa shape index (κ1) is 29.4. The quantitative estimate of drug-likeness (QED) is 0.242. The van der Waals surface area contributed by atoms with Gasteiger partial charge in [-0.05, 0) is 98.7 Å². The van der Waals surface area contributed by atoms with Crippen molar-refractivity contribution in [2.75, 3.05) is 0 Å². The Labute approximate surface area is 253 Å². The van der Waals surface area contributed by atoms with Crippen LogP contribution < -0.4 is 5.32 Å². The number of amides is 2. The number of hydrogen-bond donors (Lipinski definition) is 2. The Morgan fingerprint density at radius 3 is 2.36 bits per heavy atom. The third-order valence-corrected chi connectivity index (χ3v) is 8.84. The molecule has 0 spiro atoms. The number of carbonyl (C=O) groups excluding carboxylic acids is 1. The normalized spacial score (nSPS) is 19.7. The summed E-state index contributed by atoms with van der Waals surface area (Å²) in [5, 5.41) is 12.4. The molecule has 2 N–H and O–H groups in total. The highest BCUT2D eigenvalue weighted by molar-refractivity contribution is 5.89. The summed E-state index contributed by atoms with van der Waals surface area (Å²) < 4.78 is 40.9. The number of aromatic carboxylic acids is 1. The van der Waals surface area contributed by atoms with Crippen LogP contribution in [0.25, 0.3) is 22.3 Å². The van der Waals surface area contributed by atoms with E-state index in [9.17, 15) is 27.9 Å². The Balaban J connectivity index is 1.39. The Bertz CT molecular complexity index is 1820. The minimum atomic E-state index is -4.48. The molecule has 2 aliphatic rings.